The summed E-state index contributed by atoms with van der Waals surface area (Å²) in [4.78, 5) is 17.8. The molecule has 1 aromatic carbocycles. The van der Waals surface area contributed by atoms with E-state index in [1.165, 1.54) is 0 Å². The molecule has 3 nitrogen and oxygen atoms in total. The van der Waals surface area contributed by atoms with Gasteiger partial charge < -0.3 is 21.9 Å². The Morgan fingerprint density at radius 3 is 2.63 bits per heavy atom. The van der Waals surface area contributed by atoms with E-state index in [0.29, 0.717) is 0 Å². The van der Waals surface area contributed by atoms with Gasteiger partial charge in [-0.2, -0.15) is 0 Å². The maximum atomic E-state index is 11.4. The summed E-state index contributed by atoms with van der Waals surface area (Å²) >= 11 is 1.64. The second-order valence-corrected chi connectivity index (χ2v) is 5.54. The second kappa shape index (κ2) is 5.27. The van der Waals surface area contributed by atoms with Gasteiger partial charge in [0.05, 0.1) is 0 Å². The summed E-state index contributed by atoms with van der Waals surface area (Å²) in [6.45, 7) is 0. The van der Waals surface area contributed by atoms with Gasteiger partial charge in [-0.1, -0.05) is 0 Å². The Labute approximate surface area is 125 Å². The number of fused-ring (bicyclic) bond motifs is 2. The Kier molecular flexibility index (Phi) is 3.87. The van der Waals surface area contributed by atoms with Crippen molar-refractivity contribution in [1.82, 2.24) is 0 Å². The number of nitrogens with one attached hydrogen (secondary N) is 1. The van der Waals surface area contributed by atoms with Gasteiger partial charge in [0.15, 0.2) is 5.43 Å². The monoisotopic (exact) mass is 336 g/mol. The van der Waals surface area contributed by atoms with Crippen LogP contribution in [0.15, 0.2) is 41.2 Å². The van der Waals surface area contributed by atoms with Gasteiger partial charge in [-0.15, -0.1) is 11.3 Å². The lowest BCUT2D eigenvalue weighted by atomic mass is 10.2. The van der Waals surface area contributed by atoms with Gasteiger partial charge in [0.25, 0.3) is 0 Å². The molecule has 0 saturated heterocycles. The van der Waals surface area contributed by atoms with Crippen molar-refractivity contribution >= 4 is 27.2 Å². The van der Waals surface area contributed by atoms with Crippen LogP contribution >= 0.6 is 11.3 Å². The quantitative estimate of drug-likeness (QED) is 0.548. The lowest BCUT2D eigenvalue weighted by Gasteiger charge is -2.11. The van der Waals surface area contributed by atoms with Crippen LogP contribution in [0, 0.1) is 0 Å². The molecular weight excluding hydrogens is 324 g/mol. The van der Waals surface area contributed by atoms with Crippen molar-refractivity contribution in [1.29, 1.82) is 0 Å². The first-order chi connectivity index (χ1) is 8.63. The number of rotatable bonds is 1. The molecule has 19 heavy (non-hydrogen) atoms. The molecule has 2 aliphatic rings. The molecule has 0 saturated carbocycles. The Hall–Kier alpha value is -1.46. The Morgan fingerprint density at radius 1 is 1.11 bits per heavy atom. The van der Waals surface area contributed by atoms with Crippen LogP contribution in [-0.4, -0.2) is 14.1 Å². The first-order valence-corrected chi connectivity index (χ1v) is 6.52. The number of hydrogen-bond donors (Lipinski definition) is 0. The molecule has 0 bridgehead atoms. The lowest BCUT2D eigenvalue weighted by Crippen LogP contribution is -3.00. The maximum Gasteiger partial charge on any atom is 0.221 e. The van der Waals surface area contributed by atoms with Crippen molar-refractivity contribution in [3.63, 3.8) is 0 Å². The molecule has 1 aliphatic carbocycles. The van der Waals surface area contributed by atoms with E-state index in [2.05, 4.69) is 28.1 Å². The predicted octanol–water partition coefficient (Wildman–Crippen LogP) is -0.750. The maximum absolute atomic E-state index is 11.4. The molecule has 0 fully saturated rings. The van der Waals surface area contributed by atoms with Gasteiger partial charge in [-0.3, -0.25) is 4.79 Å². The number of anilines is 1. The fourth-order valence-electron chi connectivity index (χ4n) is 1.93. The van der Waals surface area contributed by atoms with Gasteiger partial charge in [0, 0.05) is 38.0 Å². The number of benzene rings is 2. The Morgan fingerprint density at radius 2 is 1.89 bits per heavy atom. The minimum Gasteiger partial charge on any atom is -1.00 e. The highest BCUT2D eigenvalue weighted by molar-refractivity contribution is 7.21. The third-order valence-corrected chi connectivity index (χ3v) is 4.04. The second-order valence-electron chi connectivity index (χ2n) is 4.46. The van der Waals surface area contributed by atoms with E-state index in [1.54, 1.807) is 23.5 Å². The highest BCUT2D eigenvalue weighted by atomic mass is 79.9. The van der Waals surface area contributed by atoms with E-state index in [4.69, 9.17) is 0 Å². The summed E-state index contributed by atoms with van der Waals surface area (Å²) in [5, 5.41) is 0. The van der Waals surface area contributed by atoms with Gasteiger partial charge in [0.2, 0.25) is 11.2 Å². The summed E-state index contributed by atoms with van der Waals surface area (Å²) in [6.07, 6.45) is 0. The SMILES string of the molecule is CN(C)c1ccc2[nH+]c3ccc(=O)cc-3sc2c1.[Br-]. The third kappa shape index (κ3) is 2.62. The van der Waals surface area contributed by atoms with Crippen LogP contribution in [0.1, 0.15) is 0 Å². The molecule has 1 heterocycles. The first-order valence-electron chi connectivity index (χ1n) is 5.71. The number of nitrogens with zero attached hydrogens (tertiary/aromatic N) is 1. The molecule has 0 atom stereocenters. The standard InChI is InChI=1S/C14H12N2OS.BrH/c1-16(2)9-3-5-11-13(7-9)18-14-8-10(17)4-6-12(14)15-11;/h3-8H,1-2H3;1H. The van der Waals surface area contributed by atoms with E-state index < -0.39 is 0 Å². The van der Waals surface area contributed by atoms with E-state index in [-0.39, 0.29) is 22.4 Å². The highest BCUT2D eigenvalue weighted by Gasteiger charge is 2.13. The van der Waals surface area contributed by atoms with Crippen molar-refractivity contribution in [3.05, 3.63) is 46.6 Å². The van der Waals surface area contributed by atoms with E-state index in [0.717, 1.165) is 26.5 Å². The Bertz CT molecular complexity index is 754. The van der Waals surface area contributed by atoms with Crippen LogP contribution in [0.4, 0.5) is 5.69 Å². The van der Waals surface area contributed by atoms with E-state index in [9.17, 15) is 4.79 Å². The molecule has 1 N–H and O–H groups in total. The Balaban J connectivity index is 0.00000133. The van der Waals surface area contributed by atoms with Crippen LogP contribution in [0.5, 0.6) is 0 Å². The van der Waals surface area contributed by atoms with Crippen molar-refractivity contribution in [3.8, 4) is 10.6 Å². The van der Waals surface area contributed by atoms with E-state index in [1.807, 2.05) is 20.2 Å². The summed E-state index contributed by atoms with van der Waals surface area (Å²) in [5.74, 6) is 0. The van der Waals surface area contributed by atoms with Gasteiger partial charge >= 0.3 is 0 Å². The molecule has 0 radical (unpaired) electrons. The lowest BCUT2D eigenvalue weighted by molar-refractivity contribution is -0.330. The summed E-state index contributed by atoms with van der Waals surface area (Å²) < 4.78 is 1.15. The molecule has 0 unspecified atom stereocenters. The molecule has 0 aromatic heterocycles. The molecule has 1 aliphatic heterocycles. The number of aromatic nitrogens is 1. The number of hydrogen-bond acceptors (Lipinski definition) is 3. The van der Waals surface area contributed by atoms with Crippen LogP contribution in [0.25, 0.3) is 20.8 Å². The molecule has 0 amide bonds. The molecule has 98 valence electrons. The summed E-state index contributed by atoms with van der Waals surface area (Å²) in [6, 6.07) is 11.4. The van der Waals surface area contributed by atoms with Crippen LogP contribution in [0.2, 0.25) is 0 Å². The zero-order valence-electron chi connectivity index (χ0n) is 10.6. The minimum absolute atomic E-state index is 0. The van der Waals surface area contributed by atoms with Gasteiger partial charge in [-0.05, 0) is 18.2 Å². The van der Waals surface area contributed by atoms with Crippen LogP contribution in [0.3, 0.4) is 0 Å². The number of halogens is 1. The molecule has 5 heteroatoms. The van der Waals surface area contributed by atoms with Crippen molar-refractivity contribution in [2.75, 3.05) is 19.0 Å². The zero-order valence-corrected chi connectivity index (χ0v) is 13.0. The zero-order chi connectivity index (χ0) is 12.7. The van der Waals surface area contributed by atoms with Crippen LogP contribution < -0.4 is 32.3 Å². The van der Waals surface area contributed by atoms with Crippen LogP contribution in [-0.2, 0) is 0 Å². The van der Waals surface area contributed by atoms with Gasteiger partial charge in [0.1, 0.15) is 9.58 Å². The summed E-state index contributed by atoms with van der Waals surface area (Å²) in [7, 11) is 4.04. The smallest absolute Gasteiger partial charge is 0.221 e. The minimum atomic E-state index is 0. The predicted molar refractivity (Wildman–Crippen MR) is 75.6 cm³/mol. The first kappa shape index (κ1) is 14.0. The van der Waals surface area contributed by atoms with Crippen molar-refractivity contribution < 1.29 is 22.0 Å². The summed E-state index contributed by atoms with van der Waals surface area (Å²) in [5.41, 5.74) is 3.31. The topological polar surface area (TPSA) is 34.5 Å². The molecular formula is C14H13BrN2OS. The molecule has 0 spiro atoms. The number of aromatic amines is 1. The average molecular weight is 337 g/mol. The normalized spacial score (nSPS) is 10.4. The van der Waals surface area contributed by atoms with Gasteiger partial charge in [-0.25, -0.2) is 4.98 Å². The third-order valence-electron chi connectivity index (χ3n) is 2.92. The fourth-order valence-corrected chi connectivity index (χ4v) is 2.98. The number of H-pyrrole nitrogens is 1. The average Bonchev–Trinajstić information content (AvgIpc) is 2.35. The fraction of sp³-hybridized carbons (Fsp3) is 0.143. The highest BCUT2D eigenvalue weighted by Crippen LogP contribution is 2.28. The molecule has 1 aromatic rings. The van der Waals surface area contributed by atoms with E-state index >= 15 is 0 Å². The van der Waals surface area contributed by atoms with Crippen molar-refractivity contribution in [2.24, 2.45) is 0 Å². The molecule has 3 rings (SSSR count). The van der Waals surface area contributed by atoms with Crippen molar-refractivity contribution in [2.45, 2.75) is 0 Å². The largest absolute Gasteiger partial charge is 1.00 e.